The number of aromatic hydroxyl groups is 1. The van der Waals surface area contributed by atoms with Gasteiger partial charge < -0.3 is 48.1 Å². The number of rotatable bonds is 19. The molecule has 0 fully saturated rings. The van der Waals surface area contributed by atoms with Crippen molar-refractivity contribution in [2.24, 2.45) is 0 Å². The maximum absolute atomic E-state index is 13.9. The zero-order chi connectivity index (χ0) is 73.1. The molecule has 0 radical (unpaired) electrons. The fourth-order valence-electron chi connectivity index (χ4n) is 14.5. The van der Waals surface area contributed by atoms with Crippen molar-refractivity contribution in [1.29, 1.82) is 0 Å². The maximum Gasteiger partial charge on any atom is 0.341 e. The second-order valence-corrected chi connectivity index (χ2v) is 27.1. The lowest BCUT2D eigenvalue weighted by atomic mass is 9.83. The summed E-state index contributed by atoms with van der Waals surface area (Å²) in [7, 11) is 0. The van der Waals surface area contributed by atoms with Crippen molar-refractivity contribution in [3.63, 3.8) is 0 Å². The molecule has 2 N–H and O–H groups in total. The number of benzene rings is 8. The van der Waals surface area contributed by atoms with Crippen LogP contribution >= 0.6 is 0 Å². The Balaban J connectivity index is 0.000000148. The van der Waals surface area contributed by atoms with E-state index in [1.54, 1.807) is 31.3 Å². The number of carbonyl (C=O) groups is 4. The summed E-state index contributed by atoms with van der Waals surface area (Å²) in [5, 5.41) is 20.5. The highest BCUT2D eigenvalue weighted by atomic mass is 16.5. The van der Waals surface area contributed by atoms with Crippen molar-refractivity contribution < 1.29 is 38.9 Å². The number of aromatic carboxylic acids is 1. The fourth-order valence-corrected chi connectivity index (χ4v) is 14.5. The smallest absolute Gasteiger partial charge is 0.341 e. The normalized spacial score (nSPS) is 15.4. The van der Waals surface area contributed by atoms with Gasteiger partial charge in [-0.3, -0.25) is 28.8 Å². The van der Waals surface area contributed by atoms with Gasteiger partial charge in [0.1, 0.15) is 18.8 Å². The second-order valence-electron chi connectivity index (χ2n) is 27.1. The van der Waals surface area contributed by atoms with Gasteiger partial charge in [0, 0.05) is 86.2 Å². The number of nitrogens with zero attached hydrogens (tertiary/aromatic N) is 6. The van der Waals surface area contributed by atoms with Gasteiger partial charge in [0.05, 0.1) is 18.1 Å². The Kier molecular flexibility index (Phi) is 22.2. The Morgan fingerprint density at radius 1 is 0.375 bits per heavy atom. The van der Waals surface area contributed by atoms with Crippen LogP contribution in [0.3, 0.4) is 0 Å². The first-order chi connectivity index (χ1) is 50.4. The van der Waals surface area contributed by atoms with Gasteiger partial charge in [-0.25, -0.2) is 4.79 Å². The van der Waals surface area contributed by atoms with Crippen LogP contribution in [-0.2, 0) is 13.2 Å². The molecule has 3 unspecified atom stereocenters. The summed E-state index contributed by atoms with van der Waals surface area (Å²) in [5.41, 5.74) is 6.70. The van der Waals surface area contributed by atoms with Crippen molar-refractivity contribution in [2.75, 3.05) is 19.6 Å². The number of carboxylic acids is 1. The fraction of sp³-hybridized carbons (Fsp3) is 0.230. The minimum absolute atomic E-state index is 0.0204. The lowest BCUT2D eigenvalue weighted by molar-refractivity contribution is 0.0574. The summed E-state index contributed by atoms with van der Waals surface area (Å²) in [6.07, 6.45) is 4.71. The maximum atomic E-state index is 13.9. The van der Waals surface area contributed by atoms with E-state index in [0.29, 0.717) is 25.3 Å². The van der Waals surface area contributed by atoms with E-state index >= 15 is 0 Å². The summed E-state index contributed by atoms with van der Waals surface area (Å²) >= 11 is 0. The molecule has 104 heavy (non-hydrogen) atoms. The van der Waals surface area contributed by atoms with Gasteiger partial charge in [-0.1, -0.05) is 243 Å². The molecule has 0 spiro atoms. The molecular formula is C87H84N6O11. The first kappa shape index (κ1) is 71.7. The standard InChI is InChI=1S/C32H30N2O5.C31H30N2O3.C24H24N2O3/c1-21(2)33-19-26(27(23-14-8-4-9-15-23)24-16-10-5-11-17-24)34-18-25(32(37)38)29(35)30(28(34)31(33)36)39-20-22-12-6-3-7-13-22;1-22(2)33-20-26(28(24-14-8-4-9-15-24)25-16-10-5-11-17-25)32-19-18-27(34)30(29(32)31(33)35)36-21-23-12-6-3-7-13-23;1-16(2)26-15-19(25-14-13-20(27)23(28)22(25)24(26)29)21(17-9-5-3-6-10-17)18-11-7-4-8-12-18/h3-18,21,26-27H,19-20H2,1-2H3,(H,37,38);3-19,22,26,28H,20-21H2,1-2H3;3-14,16,19,21,28H,15H2,1-2H3. The zero-order valence-electron chi connectivity index (χ0n) is 59.0. The summed E-state index contributed by atoms with van der Waals surface area (Å²) in [5.74, 6) is -3.13. The van der Waals surface area contributed by atoms with Crippen LogP contribution in [-0.4, -0.2) is 100 Å². The summed E-state index contributed by atoms with van der Waals surface area (Å²) in [6.45, 7) is 13.4. The molecule has 14 rings (SSSR count). The Bertz CT molecular complexity index is 4860. The average molecular weight is 1390 g/mol. The van der Waals surface area contributed by atoms with Gasteiger partial charge >= 0.3 is 5.97 Å². The van der Waals surface area contributed by atoms with Crippen LogP contribution in [0.1, 0.15) is 164 Å². The van der Waals surface area contributed by atoms with Gasteiger partial charge in [-0.05, 0) is 86.1 Å². The molecule has 17 nitrogen and oxygen atoms in total. The number of ether oxygens (including phenoxy) is 2. The van der Waals surface area contributed by atoms with Crippen molar-refractivity contribution in [3.05, 3.63) is 371 Å². The minimum Gasteiger partial charge on any atom is -0.503 e. The van der Waals surface area contributed by atoms with Crippen LogP contribution in [0.15, 0.2) is 288 Å². The number of hydrogen-bond acceptors (Lipinski definition) is 10. The van der Waals surface area contributed by atoms with Crippen LogP contribution in [0.5, 0.6) is 17.2 Å². The van der Waals surface area contributed by atoms with E-state index in [9.17, 15) is 43.8 Å². The quantitative estimate of drug-likeness (QED) is 0.0779. The highest BCUT2D eigenvalue weighted by Gasteiger charge is 2.44. The molecule has 8 aromatic carbocycles. The molecule has 11 aromatic rings. The molecule has 3 aromatic heterocycles. The van der Waals surface area contributed by atoms with Gasteiger partial charge in [-0.15, -0.1) is 0 Å². The number of carbonyl (C=O) groups excluding carboxylic acids is 3. The van der Waals surface area contributed by atoms with Crippen molar-refractivity contribution >= 4 is 23.7 Å². The third-order valence-electron chi connectivity index (χ3n) is 19.7. The molecular weight excluding hydrogens is 1300 g/mol. The highest BCUT2D eigenvalue weighted by molar-refractivity contribution is 5.99. The van der Waals surface area contributed by atoms with Gasteiger partial charge in [0.25, 0.3) is 17.7 Å². The van der Waals surface area contributed by atoms with E-state index in [1.807, 2.05) is 245 Å². The number of hydrogen-bond donors (Lipinski definition) is 2. The average Bonchev–Trinajstić information content (AvgIpc) is 0.744. The van der Waals surface area contributed by atoms with Crippen LogP contribution in [0.4, 0.5) is 0 Å². The SMILES string of the molecule is CC(C)N1CC(C(c2ccccc2)c2ccccc2)n2cc(C(=O)O)c(=O)c(OCc3ccccc3)c2C1=O.CC(C)N1CC(C(c2ccccc2)c2ccccc2)n2ccc(=O)c(O)c2C1=O.CC(C)N1CC(C(c2ccccc2)c2ccccc2)n2ccc(=O)c(OCc3ccccc3)c2C1=O. The monoisotopic (exact) mass is 1390 g/mol. The number of pyridine rings is 3. The summed E-state index contributed by atoms with van der Waals surface area (Å²) in [6, 6.07) is 81.7. The molecule has 6 heterocycles. The molecule has 3 atom stereocenters. The lowest BCUT2D eigenvalue weighted by Gasteiger charge is -2.42. The molecule has 3 amide bonds. The Morgan fingerprint density at radius 3 is 0.981 bits per heavy atom. The number of aromatic nitrogens is 3. The Morgan fingerprint density at radius 2 is 0.654 bits per heavy atom. The van der Waals surface area contributed by atoms with E-state index < -0.39 is 34.2 Å². The molecule has 0 aliphatic carbocycles. The molecule has 0 saturated heterocycles. The number of amides is 3. The van der Waals surface area contributed by atoms with Crippen LogP contribution in [0.2, 0.25) is 0 Å². The van der Waals surface area contributed by atoms with E-state index in [0.717, 1.165) is 44.5 Å². The third-order valence-corrected chi connectivity index (χ3v) is 19.7. The Hall–Kier alpha value is -12.1. The first-order valence-corrected chi connectivity index (χ1v) is 35.2. The molecule has 0 bridgehead atoms. The molecule has 0 saturated carbocycles. The van der Waals surface area contributed by atoms with Crippen LogP contribution in [0, 0.1) is 0 Å². The first-order valence-electron chi connectivity index (χ1n) is 35.2. The van der Waals surface area contributed by atoms with Crippen molar-refractivity contribution in [1.82, 2.24) is 28.4 Å². The van der Waals surface area contributed by atoms with E-state index in [1.165, 1.54) is 18.3 Å². The highest BCUT2D eigenvalue weighted by Crippen LogP contribution is 2.44. The van der Waals surface area contributed by atoms with E-state index in [4.69, 9.17) is 9.47 Å². The Labute approximate surface area is 604 Å². The van der Waals surface area contributed by atoms with E-state index in [-0.39, 0.29) is 107 Å². The minimum atomic E-state index is -1.37. The largest absolute Gasteiger partial charge is 0.503 e. The predicted octanol–water partition coefficient (Wildman–Crippen LogP) is 14.8. The third kappa shape index (κ3) is 15.2. The lowest BCUT2D eigenvalue weighted by Crippen LogP contribution is -2.49. The van der Waals surface area contributed by atoms with Crippen LogP contribution < -0.4 is 25.8 Å². The number of carboxylic acid groups (broad SMARTS) is 1. The molecule has 3 aliphatic rings. The summed E-state index contributed by atoms with van der Waals surface area (Å²) < 4.78 is 17.5. The van der Waals surface area contributed by atoms with Gasteiger partial charge in [-0.2, -0.15) is 0 Å². The van der Waals surface area contributed by atoms with Gasteiger partial charge in [0.15, 0.2) is 34.3 Å². The topological polar surface area (TPSA) is 203 Å². The molecule has 17 heteroatoms. The summed E-state index contributed by atoms with van der Waals surface area (Å²) in [4.78, 5) is 96.9. The van der Waals surface area contributed by atoms with Gasteiger partial charge in [0.2, 0.25) is 16.3 Å². The van der Waals surface area contributed by atoms with Crippen molar-refractivity contribution in [2.45, 2.75) is 109 Å². The van der Waals surface area contributed by atoms with Crippen LogP contribution in [0.25, 0.3) is 0 Å². The zero-order valence-corrected chi connectivity index (χ0v) is 59.0. The van der Waals surface area contributed by atoms with E-state index in [2.05, 4.69) is 48.5 Å². The number of fused-ring (bicyclic) bond motifs is 3. The molecule has 528 valence electrons. The molecule has 3 aliphatic heterocycles. The second kappa shape index (κ2) is 32.3. The van der Waals surface area contributed by atoms with Crippen molar-refractivity contribution in [3.8, 4) is 17.2 Å². The predicted molar refractivity (Wildman–Crippen MR) is 402 cm³/mol.